The monoisotopic (exact) mass is 427 g/mol. The van der Waals surface area contributed by atoms with Crippen molar-refractivity contribution in [3.8, 4) is 11.5 Å². The van der Waals surface area contributed by atoms with E-state index in [9.17, 15) is 14.9 Å². The molecule has 0 radical (unpaired) electrons. The molecule has 0 aliphatic rings. The van der Waals surface area contributed by atoms with Gasteiger partial charge in [-0.3, -0.25) is 14.9 Å². The first kappa shape index (κ1) is 19.0. The molecule has 0 saturated heterocycles. The van der Waals surface area contributed by atoms with Crippen LogP contribution in [0.2, 0.25) is 0 Å². The Morgan fingerprint density at radius 1 is 1.24 bits per heavy atom. The summed E-state index contributed by atoms with van der Waals surface area (Å²) in [5, 5.41) is 22.0. The maximum absolute atomic E-state index is 12.2. The summed E-state index contributed by atoms with van der Waals surface area (Å²) in [5.41, 5.74) is 2.51. The number of thiazole rings is 1. The third-order valence-electron chi connectivity index (χ3n) is 3.85. The van der Waals surface area contributed by atoms with E-state index in [0.29, 0.717) is 10.7 Å². The molecule has 2 aromatic carbocycles. The minimum Gasteiger partial charge on any atom is -0.411 e. The van der Waals surface area contributed by atoms with Gasteiger partial charge in [-0.25, -0.2) is 4.98 Å². The number of benzene rings is 2. The van der Waals surface area contributed by atoms with E-state index >= 15 is 0 Å². The third kappa shape index (κ3) is 4.41. The van der Waals surface area contributed by atoms with Crippen molar-refractivity contribution in [2.24, 2.45) is 0 Å². The van der Waals surface area contributed by atoms with Crippen LogP contribution in [0.1, 0.15) is 5.56 Å². The molecule has 0 saturated carbocycles. The van der Waals surface area contributed by atoms with Crippen LogP contribution in [-0.4, -0.2) is 31.8 Å². The molecule has 29 heavy (non-hydrogen) atoms. The number of nitrogens with zero attached hydrogens (tertiary/aromatic N) is 4. The quantitative estimate of drug-likeness (QED) is 0.274. The van der Waals surface area contributed by atoms with Crippen molar-refractivity contribution in [2.45, 2.75) is 12.1 Å². The van der Waals surface area contributed by atoms with Gasteiger partial charge in [-0.15, -0.1) is 10.2 Å². The second-order valence-corrected chi connectivity index (χ2v) is 7.96. The van der Waals surface area contributed by atoms with Gasteiger partial charge < -0.3 is 9.73 Å². The Kier molecular flexibility index (Phi) is 5.23. The minimum atomic E-state index is -0.482. The van der Waals surface area contributed by atoms with Crippen molar-refractivity contribution >= 4 is 50.0 Å². The number of carbonyl (C=O) groups excluding carboxylic acids is 1. The Morgan fingerprint density at radius 3 is 2.79 bits per heavy atom. The van der Waals surface area contributed by atoms with Gasteiger partial charge in [-0.05, 0) is 36.8 Å². The fourth-order valence-electron chi connectivity index (χ4n) is 2.48. The van der Waals surface area contributed by atoms with E-state index in [4.69, 9.17) is 4.42 Å². The van der Waals surface area contributed by atoms with Gasteiger partial charge in [0.2, 0.25) is 11.8 Å². The highest BCUT2D eigenvalue weighted by molar-refractivity contribution is 7.99. The van der Waals surface area contributed by atoms with Crippen LogP contribution in [0.15, 0.2) is 52.1 Å². The maximum atomic E-state index is 12.2. The smallest absolute Gasteiger partial charge is 0.277 e. The number of amides is 1. The maximum Gasteiger partial charge on any atom is 0.277 e. The van der Waals surface area contributed by atoms with E-state index in [1.807, 2.05) is 25.1 Å². The van der Waals surface area contributed by atoms with E-state index in [1.165, 1.54) is 35.6 Å². The van der Waals surface area contributed by atoms with Crippen LogP contribution in [-0.2, 0) is 4.79 Å². The van der Waals surface area contributed by atoms with Gasteiger partial charge in [0.25, 0.3) is 10.9 Å². The standard InChI is InChI=1S/C18H13N5O4S2/c1-10-2-7-13-14(8-10)29-17(19-13)20-15(24)9-28-18-22-21-16(27-18)11-3-5-12(6-4-11)23(25)26/h2-8H,9H2,1H3,(H,19,20,24). The van der Waals surface area contributed by atoms with Crippen molar-refractivity contribution < 1.29 is 14.1 Å². The molecule has 0 atom stereocenters. The molecule has 4 aromatic rings. The van der Waals surface area contributed by atoms with Gasteiger partial charge in [-0.2, -0.15) is 0 Å². The number of aryl methyl sites for hydroxylation is 1. The number of nitrogens with one attached hydrogen (secondary N) is 1. The molecule has 146 valence electrons. The topological polar surface area (TPSA) is 124 Å². The summed E-state index contributed by atoms with van der Waals surface area (Å²) in [5.74, 6) is 0.0711. The number of nitro groups is 1. The number of non-ortho nitro benzene ring substituents is 1. The van der Waals surface area contributed by atoms with Gasteiger partial charge in [-0.1, -0.05) is 29.2 Å². The number of rotatable bonds is 6. The fourth-order valence-corrected chi connectivity index (χ4v) is 4.02. The molecule has 0 aliphatic heterocycles. The summed E-state index contributed by atoms with van der Waals surface area (Å²) >= 11 is 2.51. The van der Waals surface area contributed by atoms with Gasteiger partial charge in [0, 0.05) is 17.7 Å². The average Bonchev–Trinajstić information content (AvgIpc) is 3.32. The van der Waals surface area contributed by atoms with Crippen LogP contribution in [0, 0.1) is 17.0 Å². The minimum absolute atomic E-state index is 0.0236. The first-order chi connectivity index (χ1) is 14.0. The number of hydrogen-bond acceptors (Lipinski definition) is 9. The number of nitro benzene ring substituents is 1. The number of anilines is 1. The fraction of sp³-hybridized carbons (Fsp3) is 0.111. The molecule has 0 aliphatic carbocycles. The number of carbonyl (C=O) groups is 1. The molecule has 0 fully saturated rings. The first-order valence-electron chi connectivity index (χ1n) is 8.36. The molecule has 2 heterocycles. The Bertz CT molecular complexity index is 1200. The predicted molar refractivity (Wildman–Crippen MR) is 110 cm³/mol. The summed E-state index contributed by atoms with van der Waals surface area (Å²) in [4.78, 5) is 26.8. The molecule has 0 bridgehead atoms. The van der Waals surface area contributed by atoms with Crippen LogP contribution in [0.4, 0.5) is 10.8 Å². The Morgan fingerprint density at radius 2 is 2.03 bits per heavy atom. The number of hydrogen-bond donors (Lipinski definition) is 1. The van der Waals surface area contributed by atoms with E-state index in [1.54, 1.807) is 0 Å². The average molecular weight is 427 g/mol. The van der Waals surface area contributed by atoms with Gasteiger partial charge in [0.05, 0.1) is 20.9 Å². The Labute approximate surface area is 172 Å². The highest BCUT2D eigenvalue weighted by atomic mass is 32.2. The van der Waals surface area contributed by atoms with Crippen LogP contribution >= 0.6 is 23.1 Å². The highest BCUT2D eigenvalue weighted by Crippen LogP contribution is 2.28. The van der Waals surface area contributed by atoms with Crippen molar-refractivity contribution in [1.82, 2.24) is 15.2 Å². The lowest BCUT2D eigenvalue weighted by molar-refractivity contribution is -0.384. The summed E-state index contributed by atoms with van der Waals surface area (Å²) in [6.45, 7) is 2.00. The summed E-state index contributed by atoms with van der Waals surface area (Å²) in [6, 6.07) is 11.7. The summed E-state index contributed by atoms with van der Waals surface area (Å²) in [7, 11) is 0. The Balaban J connectivity index is 1.36. The molecule has 0 unspecified atom stereocenters. The highest BCUT2D eigenvalue weighted by Gasteiger charge is 2.14. The van der Waals surface area contributed by atoms with Crippen LogP contribution < -0.4 is 5.32 Å². The van der Waals surface area contributed by atoms with E-state index in [2.05, 4.69) is 20.5 Å². The van der Waals surface area contributed by atoms with Gasteiger partial charge in [0.15, 0.2) is 5.13 Å². The molecule has 11 heteroatoms. The van der Waals surface area contributed by atoms with E-state index < -0.39 is 4.92 Å². The lowest BCUT2D eigenvalue weighted by atomic mass is 10.2. The molecular formula is C18H13N5O4S2. The normalized spacial score (nSPS) is 10.9. The molecule has 2 aromatic heterocycles. The zero-order chi connectivity index (χ0) is 20.4. The zero-order valence-corrected chi connectivity index (χ0v) is 16.6. The largest absolute Gasteiger partial charge is 0.411 e. The third-order valence-corrected chi connectivity index (χ3v) is 5.60. The molecule has 1 amide bonds. The number of aromatic nitrogens is 3. The SMILES string of the molecule is Cc1ccc2nc(NC(=O)CSc3nnc(-c4ccc([N+](=O)[O-])cc4)o3)sc2c1. The van der Waals surface area contributed by atoms with Gasteiger partial charge >= 0.3 is 0 Å². The van der Waals surface area contributed by atoms with Crippen molar-refractivity contribution in [1.29, 1.82) is 0 Å². The predicted octanol–water partition coefficient (Wildman–Crippen LogP) is 4.29. The first-order valence-corrected chi connectivity index (χ1v) is 10.2. The Hall–Kier alpha value is -3.31. The lowest BCUT2D eigenvalue weighted by Crippen LogP contribution is -2.13. The van der Waals surface area contributed by atoms with Crippen molar-refractivity contribution in [3.63, 3.8) is 0 Å². The molecule has 4 rings (SSSR count). The van der Waals surface area contributed by atoms with Crippen molar-refractivity contribution in [3.05, 3.63) is 58.1 Å². The second-order valence-electron chi connectivity index (χ2n) is 6.00. The second kappa shape index (κ2) is 7.97. The van der Waals surface area contributed by atoms with E-state index in [0.717, 1.165) is 27.5 Å². The molecule has 1 N–H and O–H groups in total. The van der Waals surface area contributed by atoms with Gasteiger partial charge in [0.1, 0.15) is 0 Å². The van der Waals surface area contributed by atoms with Crippen LogP contribution in [0.5, 0.6) is 0 Å². The zero-order valence-electron chi connectivity index (χ0n) is 15.0. The lowest BCUT2D eigenvalue weighted by Gasteiger charge is -1.98. The van der Waals surface area contributed by atoms with Crippen molar-refractivity contribution in [2.75, 3.05) is 11.1 Å². The summed E-state index contributed by atoms with van der Waals surface area (Å²) in [6.07, 6.45) is 0. The summed E-state index contributed by atoms with van der Waals surface area (Å²) < 4.78 is 6.52. The molecule has 9 nitrogen and oxygen atoms in total. The number of fused-ring (bicyclic) bond motifs is 1. The molecular weight excluding hydrogens is 414 g/mol. The van der Waals surface area contributed by atoms with Crippen LogP contribution in [0.25, 0.3) is 21.7 Å². The van der Waals surface area contributed by atoms with E-state index in [-0.39, 0.29) is 28.5 Å². The molecule has 0 spiro atoms. The van der Waals surface area contributed by atoms with Crippen LogP contribution in [0.3, 0.4) is 0 Å². The number of thioether (sulfide) groups is 1.